The largest absolute Gasteiger partial charge is 0.398 e. The third-order valence-corrected chi connectivity index (χ3v) is 3.48. The van der Waals surface area contributed by atoms with E-state index in [2.05, 4.69) is 47.4 Å². The van der Waals surface area contributed by atoms with Gasteiger partial charge in [0.15, 0.2) is 0 Å². The van der Waals surface area contributed by atoms with E-state index in [0.29, 0.717) is 0 Å². The molecule has 0 spiro atoms. The summed E-state index contributed by atoms with van der Waals surface area (Å²) in [5.74, 6) is 0. The summed E-state index contributed by atoms with van der Waals surface area (Å²) in [5.41, 5.74) is 9.27. The number of rotatable bonds is 3. The van der Waals surface area contributed by atoms with Gasteiger partial charge in [-0.3, -0.25) is 4.98 Å². The highest BCUT2D eigenvalue weighted by molar-refractivity contribution is 5.85. The summed E-state index contributed by atoms with van der Waals surface area (Å²) >= 11 is 0. The lowest BCUT2D eigenvalue weighted by molar-refractivity contribution is 0.961. The molecule has 0 bridgehead atoms. The topological polar surface area (TPSA) is 38.9 Å². The summed E-state index contributed by atoms with van der Waals surface area (Å²) < 4.78 is 0. The van der Waals surface area contributed by atoms with Crippen molar-refractivity contribution in [2.45, 2.75) is 12.8 Å². The molecule has 0 radical (unpaired) electrons. The second-order valence-electron chi connectivity index (χ2n) is 4.71. The van der Waals surface area contributed by atoms with Crippen LogP contribution in [0.3, 0.4) is 0 Å². The average molecular weight is 248 g/mol. The number of aromatic nitrogens is 1. The molecule has 0 fully saturated rings. The van der Waals surface area contributed by atoms with E-state index in [4.69, 9.17) is 5.73 Å². The van der Waals surface area contributed by atoms with Crippen LogP contribution < -0.4 is 5.73 Å². The molecule has 2 heteroatoms. The van der Waals surface area contributed by atoms with Crippen molar-refractivity contribution in [2.75, 3.05) is 5.73 Å². The molecule has 3 rings (SSSR count). The van der Waals surface area contributed by atoms with Crippen molar-refractivity contribution in [3.63, 3.8) is 0 Å². The Bertz CT molecular complexity index is 699. The van der Waals surface area contributed by atoms with Gasteiger partial charge in [-0.1, -0.05) is 42.5 Å². The molecule has 2 aromatic carbocycles. The van der Waals surface area contributed by atoms with Crippen LogP contribution >= 0.6 is 0 Å². The number of benzene rings is 2. The zero-order chi connectivity index (χ0) is 13.1. The Morgan fingerprint density at radius 2 is 1.63 bits per heavy atom. The summed E-state index contributed by atoms with van der Waals surface area (Å²) in [4.78, 5) is 4.14. The molecule has 0 saturated carbocycles. The van der Waals surface area contributed by atoms with Gasteiger partial charge in [0.1, 0.15) is 0 Å². The van der Waals surface area contributed by atoms with Gasteiger partial charge in [0.25, 0.3) is 0 Å². The maximum Gasteiger partial charge on any atom is 0.0377 e. The highest BCUT2D eigenvalue weighted by atomic mass is 14.7. The third kappa shape index (κ3) is 2.43. The number of fused-ring (bicyclic) bond motifs is 1. The number of nitrogens with two attached hydrogens (primary N) is 1. The molecule has 0 atom stereocenters. The first-order chi connectivity index (χ1) is 9.34. The highest BCUT2D eigenvalue weighted by Crippen LogP contribution is 2.21. The van der Waals surface area contributed by atoms with Gasteiger partial charge in [-0.15, -0.1) is 0 Å². The minimum Gasteiger partial charge on any atom is -0.398 e. The van der Waals surface area contributed by atoms with Crippen LogP contribution in [0.1, 0.15) is 11.1 Å². The molecular weight excluding hydrogens is 232 g/mol. The van der Waals surface area contributed by atoms with Crippen molar-refractivity contribution < 1.29 is 0 Å². The predicted molar refractivity (Wildman–Crippen MR) is 80.0 cm³/mol. The molecule has 0 unspecified atom stereocenters. The molecule has 1 aromatic heterocycles. The Balaban J connectivity index is 1.88. The molecule has 94 valence electrons. The van der Waals surface area contributed by atoms with Crippen molar-refractivity contribution in [3.05, 3.63) is 72.1 Å². The first-order valence-electron chi connectivity index (χ1n) is 6.49. The fraction of sp³-hybridized carbons (Fsp3) is 0.118. The summed E-state index contributed by atoms with van der Waals surface area (Å²) in [6, 6.07) is 16.8. The molecule has 0 amide bonds. The maximum absolute atomic E-state index is 5.96. The Morgan fingerprint density at radius 1 is 0.842 bits per heavy atom. The SMILES string of the molecule is Nc1ccncc1CCc1cccc2ccccc12. The van der Waals surface area contributed by atoms with Gasteiger partial charge in [-0.05, 0) is 40.8 Å². The second-order valence-corrected chi connectivity index (χ2v) is 4.71. The third-order valence-electron chi connectivity index (χ3n) is 3.48. The smallest absolute Gasteiger partial charge is 0.0377 e. The van der Waals surface area contributed by atoms with E-state index in [-0.39, 0.29) is 0 Å². The normalized spacial score (nSPS) is 10.7. The highest BCUT2D eigenvalue weighted by Gasteiger charge is 2.03. The number of aryl methyl sites for hydroxylation is 2. The van der Waals surface area contributed by atoms with Gasteiger partial charge in [0.05, 0.1) is 0 Å². The standard InChI is InChI=1S/C17H16N2/c18-17-10-11-19-12-15(17)9-8-14-6-3-5-13-4-1-2-7-16(13)14/h1-7,10-12H,8-9H2,(H2,18,19). The van der Waals surface area contributed by atoms with Gasteiger partial charge in [0, 0.05) is 18.1 Å². The zero-order valence-electron chi connectivity index (χ0n) is 10.7. The predicted octanol–water partition coefficient (Wildman–Crippen LogP) is 3.60. The average Bonchev–Trinajstić information content (AvgIpc) is 2.46. The van der Waals surface area contributed by atoms with E-state index in [0.717, 1.165) is 24.1 Å². The first-order valence-corrected chi connectivity index (χ1v) is 6.49. The van der Waals surface area contributed by atoms with Gasteiger partial charge >= 0.3 is 0 Å². The maximum atomic E-state index is 5.96. The second kappa shape index (κ2) is 5.11. The van der Waals surface area contributed by atoms with Crippen molar-refractivity contribution in [2.24, 2.45) is 0 Å². The van der Waals surface area contributed by atoms with Crippen molar-refractivity contribution in [1.82, 2.24) is 4.98 Å². The van der Waals surface area contributed by atoms with Crippen molar-refractivity contribution in [1.29, 1.82) is 0 Å². The van der Waals surface area contributed by atoms with Gasteiger partial charge in [-0.25, -0.2) is 0 Å². The lowest BCUT2D eigenvalue weighted by Gasteiger charge is -2.08. The summed E-state index contributed by atoms with van der Waals surface area (Å²) in [5, 5.41) is 2.62. The van der Waals surface area contributed by atoms with Crippen LogP contribution in [0.15, 0.2) is 60.9 Å². The molecular formula is C17H16N2. The molecule has 2 N–H and O–H groups in total. The van der Waals surface area contributed by atoms with E-state index in [1.54, 1.807) is 6.20 Å². The first kappa shape index (κ1) is 11.7. The molecule has 3 aromatic rings. The quantitative estimate of drug-likeness (QED) is 0.769. The number of hydrogen-bond acceptors (Lipinski definition) is 2. The molecule has 0 aliphatic rings. The van der Waals surface area contributed by atoms with Crippen LogP contribution in [0.5, 0.6) is 0 Å². The number of pyridine rings is 1. The minimum atomic E-state index is 0.829. The summed E-state index contributed by atoms with van der Waals surface area (Å²) in [7, 11) is 0. The zero-order valence-corrected chi connectivity index (χ0v) is 10.7. The fourth-order valence-electron chi connectivity index (χ4n) is 2.43. The van der Waals surface area contributed by atoms with Crippen LogP contribution in [0, 0.1) is 0 Å². The molecule has 0 saturated heterocycles. The van der Waals surface area contributed by atoms with E-state index in [1.165, 1.54) is 16.3 Å². The lowest BCUT2D eigenvalue weighted by Crippen LogP contribution is -1.98. The number of nitrogen functional groups attached to an aromatic ring is 1. The lowest BCUT2D eigenvalue weighted by atomic mass is 9.99. The Hall–Kier alpha value is -2.35. The van der Waals surface area contributed by atoms with E-state index < -0.39 is 0 Å². The van der Waals surface area contributed by atoms with E-state index in [9.17, 15) is 0 Å². The minimum absolute atomic E-state index is 0.829. The molecule has 19 heavy (non-hydrogen) atoms. The Kier molecular flexibility index (Phi) is 3.15. The Morgan fingerprint density at radius 3 is 2.53 bits per heavy atom. The fourth-order valence-corrected chi connectivity index (χ4v) is 2.43. The summed E-state index contributed by atoms with van der Waals surface area (Å²) in [6.45, 7) is 0. The number of nitrogens with zero attached hydrogens (tertiary/aromatic N) is 1. The number of anilines is 1. The van der Waals surface area contributed by atoms with Crippen molar-refractivity contribution >= 4 is 16.5 Å². The van der Waals surface area contributed by atoms with Gasteiger partial charge < -0.3 is 5.73 Å². The van der Waals surface area contributed by atoms with Gasteiger partial charge in [0.2, 0.25) is 0 Å². The van der Waals surface area contributed by atoms with Crippen LogP contribution in [0.2, 0.25) is 0 Å². The molecule has 0 aliphatic heterocycles. The van der Waals surface area contributed by atoms with Crippen LogP contribution in [0.25, 0.3) is 10.8 Å². The van der Waals surface area contributed by atoms with Crippen LogP contribution in [-0.4, -0.2) is 4.98 Å². The van der Waals surface area contributed by atoms with E-state index in [1.807, 2.05) is 12.3 Å². The molecule has 1 heterocycles. The summed E-state index contributed by atoms with van der Waals surface area (Å²) in [6.07, 6.45) is 5.50. The monoisotopic (exact) mass is 248 g/mol. The van der Waals surface area contributed by atoms with Crippen LogP contribution in [0.4, 0.5) is 5.69 Å². The van der Waals surface area contributed by atoms with Crippen LogP contribution in [-0.2, 0) is 12.8 Å². The van der Waals surface area contributed by atoms with Crippen molar-refractivity contribution in [3.8, 4) is 0 Å². The van der Waals surface area contributed by atoms with Gasteiger partial charge in [-0.2, -0.15) is 0 Å². The molecule has 2 nitrogen and oxygen atoms in total. The van der Waals surface area contributed by atoms with E-state index >= 15 is 0 Å². The number of hydrogen-bond donors (Lipinski definition) is 1. The Labute approximate surface area is 112 Å². The molecule has 0 aliphatic carbocycles.